The van der Waals surface area contributed by atoms with Crippen LogP contribution in [0.1, 0.15) is 21.6 Å². The number of rotatable bonds is 6. The van der Waals surface area contributed by atoms with Crippen molar-refractivity contribution in [3.05, 3.63) is 79.5 Å². The molecule has 0 spiro atoms. The number of benzene rings is 2. The molecule has 0 unspecified atom stereocenters. The first-order valence-corrected chi connectivity index (χ1v) is 10.1. The lowest BCUT2D eigenvalue weighted by molar-refractivity contribution is 0.0948. The van der Waals surface area contributed by atoms with Crippen molar-refractivity contribution >= 4 is 55.6 Å². The summed E-state index contributed by atoms with van der Waals surface area (Å²) in [5, 5.41) is 8.99. The third-order valence-electron chi connectivity index (χ3n) is 3.75. The van der Waals surface area contributed by atoms with E-state index in [1.807, 2.05) is 42.5 Å². The number of carbonyl (C=O) groups excluding carboxylic acids is 1. The first kappa shape index (κ1) is 20.6. The lowest BCUT2D eigenvalue weighted by atomic mass is 10.2. The fourth-order valence-corrected chi connectivity index (χ4v) is 3.43. The Kier molecular flexibility index (Phi) is 6.88. The van der Waals surface area contributed by atoms with Gasteiger partial charge in [-0.05, 0) is 51.8 Å². The quantitative estimate of drug-likeness (QED) is 0.368. The molecule has 3 aromatic rings. The maximum Gasteiger partial charge on any atom is 0.293 e. The number of amides is 1. The van der Waals surface area contributed by atoms with E-state index in [4.69, 9.17) is 16.3 Å². The van der Waals surface area contributed by atoms with Crippen LogP contribution in [0.3, 0.4) is 0 Å². The second kappa shape index (κ2) is 9.36. The Hall–Kier alpha value is -2.16. The third kappa shape index (κ3) is 5.21. The average molecular weight is 527 g/mol. The van der Waals surface area contributed by atoms with E-state index in [0.29, 0.717) is 21.8 Å². The number of hydrogen-bond acceptors (Lipinski definition) is 4. The lowest BCUT2D eigenvalue weighted by Crippen LogP contribution is -2.19. The van der Waals surface area contributed by atoms with Crippen LogP contribution in [0, 0.1) is 0 Å². The monoisotopic (exact) mass is 524 g/mol. The first-order valence-electron chi connectivity index (χ1n) is 8.10. The molecule has 0 bridgehead atoms. The number of carbonyl (C=O) groups is 1. The summed E-state index contributed by atoms with van der Waals surface area (Å²) < 4.78 is 8.40. The van der Waals surface area contributed by atoms with E-state index in [9.17, 15) is 4.79 Å². The van der Waals surface area contributed by atoms with E-state index in [1.54, 1.807) is 18.0 Å². The number of hydrogen-bond donors (Lipinski definition) is 1. The van der Waals surface area contributed by atoms with Crippen LogP contribution in [0.2, 0.25) is 5.02 Å². The Labute approximate surface area is 183 Å². The van der Waals surface area contributed by atoms with Gasteiger partial charge in [0.1, 0.15) is 5.75 Å². The predicted molar refractivity (Wildman–Crippen MR) is 116 cm³/mol. The number of halogens is 3. The summed E-state index contributed by atoms with van der Waals surface area (Å²) in [7, 11) is 1.57. The van der Waals surface area contributed by atoms with Gasteiger partial charge < -0.3 is 4.74 Å². The lowest BCUT2D eigenvalue weighted by Gasteiger charge is -2.04. The second-order valence-corrected chi connectivity index (χ2v) is 7.94. The maximum absolute atomic E-state index is 12.4. The molecule has 0 saturated heterocycles. The van der Waals surface area contributed by atoms with Crippen molar-refractivity contribution in [3.63, 3.8) is 0 Å². The van der Waals surface area contributed by atoms with E-state index in [0.717, 1.165) is 15.6 Å². The summed E-state index contributed by atoms with van der Waals surface area (Å²) in [6, 6.07) is 13.0. The summed E-state index contributed by atoms with van der Waals surface area (Å²) in [5.41, 5.74) is 4.47. The fraction of sp³-hybridized carbons (Fsp3) is 0.105. The van der Waals surface area contributed by atoms with Crippen LogP contribution in [-0.2, 0) is 6.54 Å². The standard InChI is InChI=1S/C19H15Br2ClN4O2/c1-28-17-7-4-14(20)8-13(17)9-23-24-19(27)18-16(21)11-26(25-18)10-12-2-5-15(22)6-3-12/h2-9,11H,10H2,1H3,(H,24,27)/b23-9-. The van der Waals surface area contributed by atoms with Gasteiger partial charge in [0.15, 0.2) is 5.69 Å². The molecule has 0 aliphatic heterocycles. The zero-order valence-electron chi connectivity index (χ0n) is 14.7. The van der Waals surface area contributed by atoms with Gasteiger partial charge in [-0.1, -0.05) is 39.7 Å². The average Bonchev–Trinajstić information content (AvgIpc) is 3.04. The van der Waals surface area contributed by atoms with Crippen molar-refractivity contribution in [2.45, 2.75) is 6.54 Å². The highest BCUT2D eigenvalue weighted by Gasteiger charge is 2.15. The molecule has 0 saturated carbocycles. The largest absolute Gasteiger partial charge is 0.496 e. The Balaban J connectivity index is 1.68. The predicted octanol–water partition coefficient (Wildman–Crippen LogP) is 4.88. The van der Waals surface area contributed by atoms with Gasteiger partial charge in [0.05, 0.1) is 24.3 Å². The van der Waals surface area contributed by atoms with Crippen molar-refractivity contribution in [3.8, 4) is 5.75 Å². The summed E-state index contributed by atoms with van der Waals surface area (Å²) in [6.07, 6.45) is 3.25. The van der Waals surface area contributed by atoms with Gasteiger partial charge >= 0.3 is 0 Å². The van der Waals surface area contributed by atoms with Crippen LogP contribution in [-0.4, -0.2) is 29.0 Å². The van der Waals surface area contributed by atoms with E-state index < -0.39 is 5.91 Å². The summed E-state index contributed by atoms with van der Waals surface area (Å²) in [6.45, 7) is 0.515. The molecule has 1 N–H and O–H groups in total. The molecule has 3 rings (SSSR count). The van der Waals surface area contributed by atoms with Crippen LogP contribution >= 0.6 is 43.5 Å². The molecule has 9 heteroatoms. The number of nitrogens with zero attached hydrogens (tertiary/aromatic N) is 3. The molecule has 144 valence electrons. The van der Waals surface area contributed by atoms with Gasteiger partial charge in [-0.2, -0.15) is 10.2 Å². The van der Waals surface area contributed by atoms with Crippen LogP contribution in [0.15, 0.2) is 62.7 Å². The van der Waals surface area contributed by atoms with Crippen LogP contribution in [0.25, 0.3) is 0 Å². The molecule has 0 aliphatic rings. The van der Waals surface area contributed by atoms with Gasteiger partial charge in [0.25, 0.3) is 5.91 Å². The van der Waals surface area contributed by atoms with Gasteiger partial charge in [-0.15, -0.1) is 0 Å². The van der Waals surface area contributed by atoms with Crippen molar-refractivity contribution in [2.75, 3.05) is 7.11 Å². The van der Waals surface area contributed by atoms with Crippen molar-refractivity contribution < 1.29 is 9.53 Å². The molecule has 1 aromatic heterocycles. The van der Waals surface area contributed by atoms with E-state index in [-0.39, 0.29) is 5.69 Å². The highest BCUT2D eigenvalue weighted by molar-refractivity contribution is 9.10. The second-order valence-electron chi connectivity index (χ2n) is 5.74. The molecular formula is C19H15Br2ClN4O2. The molecule has 0 radical (unpaired) electrons. The molecule has 1 heterocycles. The molecule has 0 aliphatic carbocycles. The number of nitrogens with one attached hydrogen (secondary N) is 1. The van der Waals surface area contributed by atoms with Gasteiger partial charge in [0.2, 0.25) is 0 Å². The van der Waals surface area contributed by atoms with Crippen LogP contribution in [0.4, 0.5) is 0 Å². The highest BCUT2D eigenvalue weighted by Crippen LogP contribution is 2.21. The first-order chi connectivity index (χ1) is 13.5. The summed E-state index contributed by atoms with van der Waals surface area (Å²) in [4.78, 5) is 12.4. The third-order valence-corrected chi connectivity index (χ3v) is 5.08. The van der Waals surface area contributed by atoms with E-state index in [2.05, 4.69) is 47.5 Å². The number of hydrazone groups is 1. The van der Waals surface area contributed by atoms with Gasteiger partial charge in [0, 0.05) is 21.3 Å². The zero-order chi connectivity index (χ0) is 20.1. The molecular weight excluding hydrogens is 511 g/mol. The van der Waals surface area contributed by atoms with Crippen molar-refractivity contribution in [1.82, 2.24) is 15.2 Å². The molecule has 1 amide bonds. The van der Waals surface area contributed by atoms with Gasteiger partial charge in [-0.25, -0.2) is 5.43 Å². The minimum absolute atomic E-state index is 0.243. The topological polar surface area (TPSA) is 68.5 Å². The Morgan fingerprint density at radius 3 is 2.75 bits per heavy atom. The van der Waals surface area contributed by atoms with Crippen LogP contribution in [0.5, 0.6) is 5.75 Å². The fourth-order valence-electron chi connectivity index (χ4n) is 2.43. The smallest absolute Gasteiger partial charge is 0.293 e. The van der Waals surface area contributed by atoms with E-state index in [1.165, 1.54) is 6.21 Å². The molecule has 28 heavy (non-hydrogen) atoms. The normalized spacial score (nSPS) is 11.0. The van der Waals surface area contributed by atoms with Crippen molar-refractivity contribution in [2.24, 2.45) is 5.10 Å². The minimum atomic E-state index is -0.424. The molecule has 6 nitrogen and oxygen atoms in total. The highest BCUT2D eigenvalue weighted by atomic mass is 79.9. The van der Waals surface area contributed by atoms with Crippen LogP contribution < -0.4 is 10.2 Å². The molecule has 2 aromatic carbocycles. The Morgan fingerprint density at radius 1 is 1.29 bits per heavy atom. The zero-order valence-corrected chi connectivity index (χ0v) is 18.6. The van der Waals surface area contributed by atoms with Crippen molar-refractivity contribution in [1.29, 1.82) is 0 Å². The van der Waals surface area contributed by atoms with E-state index >= 15 is 0 Å². The molecule has 0 fully saturated rings. The summed E-state index contributed by atoms with van der Waals surface area (Å²) in [5.74, 6) is 0.224. The summed E-state index contributed by atoms with van der Waals surface area (Å²) >= 11 is 12.7. The minimum Gasteiger partial charge on any atom is -0.496 e. The number of methoxy groups -OCH3 is 1. The number of ether oxygens (including phenoxy) is 1. The SMILES string of the molecule is COc1ccc(Br)cc1/C=N\NC(=O)c1nn(Cc2ccc(Cl)cc2)cc1Br. The molecule has 0 atom stereocenters. The van der Waals surface area contributed by atoms with Gasteiger partial charge in [-0.3, -0.25) is 9.48 Å². The maximum atomic E-state index is 12.4. The number of aromatic nitrogens is 2. The Morgan fingerprint density at radius 2 is 2.04 bits per heavy atom. The Bertz CT molecular complexity index is 1020.